The maximum atomic E-state index is 9.75. The third-order valence-electron chi connectivity index (χ3n) is 6.69. The smallest absolute Gasteiger partial charge is 0.492 e. The zero-order valence-corrected chi connectivity index (χ0v) is 22.4. The number of nitrogens with zero attached hydrogens (tertiary/aromatic N) is 2. The summed E-state index contributed by atoms with van der Waals surface area (Å²) in [6.07, 6.45) is 2.28. The van der Waals surface area contributed by atoms with Crippen molar-refractivity contribution < 1.29 is 26.6 Å². The Labute approximate surface area is 227 Å². The number of hydrogen-bond acceptors (Lipinski definition) is 2. The van der Waals surface area contributed by atoms with Gasteiger partial charge < -0.3 is 22.0 Å². The molecule has 0 saturated heterocycles. The average Bonchev–Trinajstić information content (AvgIpc) is 3.28. The number of halogens is 4. The number of hydrogen-bond donors (Lipinski definition) is 0. The van der Waals surface area contributed by atoms with E-state index in [9.17, 15) is 17.3 Å². The van der Waals surface area contributed by atoms with Gasteiger partial charge in [-0.25, -0.2) is 9.48 Å². The lowest BCUT2D eigenvalue weighted by molar-refractivity contribution is -0.482. The van der Waals surface area contributed by atoms with Crippen LogP contribution in [0.2, 0.25) is 0 Å². The van der Waals surface area contributed by atoms with Crippen molar-refractivity contribution in [2.45, 2.75) is 32.9 Å². The molecule has 0 aromatic heterocycles. The molecule has 0 N–H and O–H groups in total. The Kier molecular flexibility index (Phi) is 8.43. The van der Waals surface area contributed by atoms with Crippen LogP contribution in [0.3, 0.4) is 0 Å². The molecule has 3 nitrogen and oxygen atoms in total. The van der Waals surface area contributed by atoms with Gasteiger partial charge in [-0.3, -0.25) is 0 Å². The Bertz CT molecular complexity index is 1410. The van der Waals surface area contributed by atoms with Crippen LogP contribution in [0.5, 0.6) is 5.75 Å². The first-order chi connectivity index (χ1) is 18.6. The zero-order valence-electron chi connectivity index (χ0n) is 22.4. The van der Waals surface area contributed by atoms with Crippen LogP contribution in [-0.2, 0) is 0 Å². The molecule has 2 unspecified atom stereocenters. The van der Waals surface area contributed by atoms with E-state index in [-0.39, 0.29) is 12.1 Å². The Balaban J connectivity index is 0.000000648. The van der Waals surface area contributed by atoms with Crippen LogP contribution in [0.1, 0.15) is 39.9 Å². The second kappa shape index (κ2) is 11.8. The van der Waals surface area contributed by atoms with Crippen molar-refractivity contribution in [1.29, 1.82) is 0 Å². The molecule has 8 heteroatoms. The van der Waals surface area contributed by atoms with Crippen molar-refractivity contribution in [3.63, 3.8) is 0 Å². The maximum Gasteiger partial charge on any atom is 0.673 e. The molecule has 2 atom stereocenters. The molecule has 0 saturated carbocycles. The van der Waals surface area contributed by atoms with E-state index in [1.54, 1.807) is 7.11 Å². The number of benzene rings is 4. The average molecular weight is 534 g/mol. The molecule has 0 aliphatic carbocycles. The highest BCUT2D eigenvalue weighted by Crippen LogP contribution is 2.48. The Morgan fingerprint density at radius 1 is 0.718 bits per heavy atom. The maximum absolute atomic E-state index is 9.75. The molecule has 5 rings (SSSR count). The third kappa shape index (κ3) is 6.51. The second-order valence-corrected chi connectivity index (χ2v) is 9.56. The molecule has 202 valence electrons. The van der Waals surface area contributed by atoms with E-state index >= 15 is 0 Å². The fourth-order valence-electron chi connectivity index (χ4n) is 5.40. The topological polar surface area (TPSA) is 15.5 Å². The molecule has 39 heavy (non-hydrogen) atoms. The summed E-state index contributed by atoms with van der Waals surface area (Å²) in [5.41, 5.74) is 8.72. The lowest BCUT2D eigenvalue weighted by atomic mass is 9.91. The monoisotopic (exact) mass is 534 g/mol. The third-order valence-corrected chi connectivity index (χ3v) is 6.69. The molecule has 1 heterocycles. The van der Waals surface area contributed by atoms with Gasteiger partial charge in [0.2, 0.25) is 6.34 Å². The van der Waals surface area contributed by atoms with Gasteiger partial charge in [0.15, 0.2) is 23.5 Å². The summed E-state index contributed by atoms with van der Waals surface area (Å²) in [7, 11) is -4.26. The van der Waals surface area contributed by atoms with Gasteiger partial charge in [-0.15, -0.1) is 0 Å². The predicted octanol–water partition coefficient (Wildman–Crippen LogP) is 8.60. The minimum atomic E-state index is -6.00. The number of anilines is 1. The fraction of sp³-hybridized carbons (Fsp3) is 0.194. The van der Waals surface area contributed by atoms with Crippen molar-refractivity contribution >= 4 is 25.0 Å². The van der Waals surface area contributed by atoms with Crippen molar-refractivity contribution in [3.8, 4) is 5.75 Å². The normalized spacial score (nSPS) is 16.8. The minimum Gasteiger partial charge on any atom is -0.492 e. The van der Waals surface area contributed by atoms with Gasteiger partial charge in [0, 0.05) is 11.1 Å². The van der Waals surface area contributed by atoms with Gasteiger partial charge in [0.25, 0.3) is 0 Å². The van der Waals surface area contributed by atoms with E-state index in [0.29, 0.717) is 0 Å². The Hall–Kier alpha value is -4.07. The van der Waals surface area contributed by atoms with Crippen LogP contribution >= 0.6 is 0 Å². The van der Waals surface area contributed by atoms with Crippen molar-refractivity contribution in [3.05, 3.63) is 125 Å². The van der Waals surface area contributed by atoms with Gasteiger partial charge in [0.1, 0.15) is 5.69 Å². The molecule has 0 spiro atoms. The fourth-order valence-corrected chi connectivity index (χ4v) is 5.40. The van der Waals surface area contributed by atoms with Crippen LogP contribution in [0.25, 0.3) is 0 Å². The van der Waals surface area contributed by atoms with E-state index in [1.165, 1.54) is 33.5 Å². The number of aryl methyl sites for hydroxylation is 3. The van der Waals surface area contributed by atoms with Crippen molar-refractivity contribution in [2.24, 2.45) is 0 Å². The highest BCUT2D eigenvalue weighted by Gasteiger charge is 2.47. The summed E-state index contributed by atoms with van der Waals surface area (Å²) in [6, 6.07) is 34.6. The molecule has 1 aliphatic rings. The van der Waals surface area contributed by atoms with Crippen molar-refractivity contribution in [1.82, 2.24) is 0 Å². The van der Waals surface area contributed by atoms with E-state index in [1.807, 2.05) is 12.1 Å². The summed E-state index contributed by atoms with van der Waals surface area (Å²) in [6.45, 7) is 6.60. The molecule has 0 amide bonds. The highest BCUT2D eigenvalue weighted by molar-refractivity contribution is 6.50. The predicted molar refractivity (Wildman–Crippen MR) is 151 cm³/mol. The second-order valence-electron chi connectivity index (χ2n) is 9.56. The van der Waals surface area contributed by atoms with Crippen LogP contribution in [0.15, 0.2) is 97.1 Å². The van der Waals surface area contributed by atoms with Gasteiger partial charge in [-0.2, -0.15) is 0 Å². The standard InChI is InChI=1S/C31H31N2O.BF4/c1-22-19-23(2)29(24(3)20-22)33-21-32(27-17-11-12-18-28(27)34-4)30(25-13-7-5-8-14-25)31(33)26-15-9-6-10-16-26;2-1(3,4)5/h5-21,30-31H,1-4H3;/q+1;-1. The summed E-state index contributed by atoms with van der Waals surface area (Å²) < 4.78 is 47.3. The molecular weight excluding hydrogens is 503 g/mol. The van der Waals surface area contributed by atoms with Gasteiger partial charge >= 0.3 is 7.25 Å². The largest absolute Gasteiger partial charge is 0.673 e. The van der Waals surface area contributed by atoms with Crippen molar-refractivity contribution in [2.75, 3.05) is 12.0 Å². The van der Waals surface area contributed by atoms with E-state index in [4.69, 9.17) is 4.74 Å². The van der Waals surface area contributed by atoms with E-state index < -0.39 is 7.25 Å². The van der Waals surface area contributed by atoms with E-state index in [2.05, 4.69) is 122 Å². The minimum absolute atomic E-state index is 0.0694. The number of ether oxygens (including phenoxy) is 1. The first kappa shape index (κ1) is 28.0. The number of para-hydroxylation sites is 2. The van der Waals surface area contributed by atoms with Crippen LogP contribution in [-0.4, -0.2) is 25.3 Å². The Morgan fingerprint density at radius 2 is 1.21 bits per heavy atom. The van der Waals surface area contributed by atoms with Crippen LogP contribution in [0.4, 0.5) is 28.6 Å². The summed E-state index contributed by atoms with van der Waals surface area (Å²) in [4.78, 5) is 2.38. The lowest BCUT2D eigenvalue weighted by Gasteiger charge is -2.25. The molecule has 4 aromatic carbocycles. The lowest BCUT2D eigenvalue weighted by Crippen LogP contribution is -2.26. The summed E-state index contributed by atoms with van der Waals surface area (Å²) >= 11 is 0. The first-order valence-corrected chi connectivity index (χ1v) is 12.7. The summed E-state index contributed by atoms with van der Waals surface area (Å²) in [5, 5.41) is 0. The molecule has 0 radical (unpaired) electrons. The summed E-state index contributed by atoms with van der Waals surface area (Å²) in [5.74, 6) is 0.866. The zero-order chi connectivity index (χ0) is 28.2. The van der Waals surface area contributed by atoms with E-state index in [0.717, 1.165) is 11.4 Å². The van der Waals surface area contributed by atoms with Gasteiger partial charge in [-0.05, 0) is 44.0 Å². The molecule has 4 aromatic rings. The van der Waals surface area contributed by atoms with Gasteiger partial charge in [-0.1, -0.05) is 90.5 Å². The van der Waals surface area contributed by atoms with Crippen LogP contribution in [0, 0.1) is 20.8 Å². The SMILES string of the molecule is COc1ccccc1N1C=[N+](c2c(C)cc(C)cc2C)C(c2ccccc2)C1c1ccccc1.F[B-](F)(F)F. The quantitative estimate of drug-likeness (QED) is 0.145. The number of rotatable bonds is 5. The van der Waals surface area contributed by atoms with Gasteiger partial charge in [0.05, 0.1) is 7.11 Å². The number of methoxy groups -OCH3 is 1. The molecule has 1 aliphatic heterocycles. The molecular formula is C31H31BF4N2O. The van der Waals surface area contributed by atoms with Crippen LogP contribution < -0.4 is 9.64 Å². The first-order valence-electron chi connectivity index (χ1n) is 12.7. The molecule has 0 bridgehead atoms. The Morgan fingerprint density at radius 3 is 1.74 bits per heavy atom. The highest BCUT2D eigenvalue weighted by atomic mass is 19.5. The molecule has 0 fully saturated rings.